The molecule has 0 amide bonds. The van der Waals surface area contributed by atoms with Gasteiger partial charge in [-0.15, -0.1) is 11.3 Å². The molecule has 3 aromatic rings. The van der Waals surface area contributed by atoms with Gasteiger partial charge in [0.1, 0.15) is 17.6 Å². The zero-order valence-corrected chi connectivity index (χ0v) is 17.3. The molecule has 1 fully saturated rings. The first-order chi connectivity index (χ1) is 14.0. The number of aryl methyl sites for hydroxylation is 2. The number of anilines is 1. The lowest BCUT2D eigenvalue weighted by Crippen LogP contribution is -2.37. The number of pyridine rings is 1. The van der Waals surface area contributed by atoms with Crippen molar-refractivity contribution in [2.45, 2.75) is 33.2 Å². The smallest absolute Gasteiger partial charge is 0.266 e. The molecule has 0 aliphatic carbocycles. The van der Waals surface area contributed by atoms with Crippen molar-refractivity contribution in [2.24, 2.45) is 5.92 Å². The summed E-state index contributed by atoms with van der Waals surface area (Å²) in [7, 11) is 0. The molecule has 0 aromatic carbocycles. The van der Waals surface area contributed by atoms with Crippen molar-refractivity contribution in [1.29, 1.82) is 5.26 Å². The van der Waals surface area contributed by atoms with Gasteiger partial charge < -0.3 is 4.90 Å². The number of hydrogen-bond acceptors (Lipinski definition) is 7. The lowest BCUT2D eigenvalue weighted by Gasteiger charge is -2.33. The summed E-state index contributed by atoms with van der Waals surface area (Å²) in [4.78, 5) is 24.4. The van der Waals surface area contributed by atoms with Crippen LogP contribution in [-0.2, 0) is 6.54 Å². The van der Waals surface area contributed by atoms with Gasteiger partial charge in [0, 0.05) is 31.9 Å². The van der Waals surface area contributed by atoms with Crippen LogP contribution >= 0.6 is 11.3 Å². The Morgan fingerprint density at radius 3 is 2.72 bits per heavy atom. The van der Waals surface area contributed by atoms with Gasteiger partial charge in [-0.3, -0.25) is 4.79 Å². The standard InChI is InChI=1S/C21H22N6OS/c1-14-20(29-15(2)24-14)18-5-6-19(28)27(25-18)13-16-7-10-26(11-8-16)21-17(12-22)4-3-9-23-21/h3-6,9,16H,7-8,10-11,13H2,1-2H3. The van der Waals surface area contributed by atoms with Crippen molar-refractivity contribution in [3.63, 3.8) is 0 Å². The van der Waals surface area contributed by atoms with Crippen LogP contribution in [0.1, 0.15) is 29.1 Å². The van der Waals surface area contributed by atoms with Crippen LogP contribution in [0.4, 0.5) is 5.82 Å². The number of hydrogen-bond donors (Lipinski definition) is 0. The molecule has 0 unspecified atom stereocenters. The van der Waals surface area contributed by atoms with Crippen LogP contribution in [0.2, 0.25) is 0 Å². The van der Waals surface area contributed by atoms with Gasteiger partial charge in [-0.2, -0.15) is 10.4 Å². The SMILES string of the molecule is Cc1nc(C)c(-c2ccc(=O)n(CC3CCN(c4ncccc4C#N)CC3)n2)s1. The quantitative estimate of drug-likeness (QED) is 0.661. The van der Waals surface area contributed by atoms with Crippen molar-refractivity contribution in [2.75, 3.05) is 18.0 Å². The van der Waals surface area contributed by atoms with Crippen LogP contribution in [0.15, 0.2) is 35.3 Å². The average molecular weight is 407 g/mol. The molecule has 0 saturated carbocycles. The van der Waals surface area contributed by atoms with Gasteiger partial charge in [0.25, 0.3) is 5.56 Å². The van der Waals surface area contributed by atoms with Crippen LogP contribution in [0.25, 0.3) is 10.6 Å². The molecule has 4 rings (SSSR count). The summed E-state index contributed by atoms with van der Waals surface area (Å²) in [6.45, 7) is 6.18. The van der Waals surface area contributed by atoms with Gasteiger partial charge in [0.15, 0.2) is 0 Å². The molecule has 1 aliphatic rings. The second-order valence-corrected chi connectivity index (χ2v) is 8.51. The highest BCUT2D eigenvalue weighted by Gasteiger charge is 2.23. The Hall–Kier alpha value is -3.05. The second-order valence-electron chi connectivity index (χ2n) is 7.30. The van der Waals surface area contributed by atoms with Crippen LogP contribution in [0.5, 0.6) is 0 Å². The van der Waals surface area contributed by atoms with E-state index in [-0.39, 0.29) is 5.56 Å². The second kappa shape index (κ2) is 8.13. The first-order valence-electron chi connectivity index (χ1n) is 9.68. The Kier molecular flexibility index (Phi) is 5.41. The molecule has 3 aromatic heterocycles. The van der Waals surface area contributed by atoms with Crippen LogP contribution in [0.3, 0.4) is 0 Å². The third-order valence-electron chi connectivity index (χ3n) is 5.26. The maximum atomic E-state index is 12.4. The topological polar surface area (TPSA) is 87.7 Å². The van der Waals surface area contributed by atoms with E-state index in [1.54, 1.807) is 46.5 Å². The molecule has 4 heterocycles. The lowest BCUT2D eigenvalue weighted by molar-refractivity contribution is 0.335. The molecule has 0 radical (unpaired) electrons. The minimum atomic E-state index is -0.0773. The monoisotopic (exact) mass is 406 g/mol. The molecule has 7 nitrogen and oxygen atoms in total. The summed E-state index contributed by atoms with van der Waals surface area (Å²) < 4.78 is 1.59. The Morgan fingerprint density at radius 1 is 1.24 bits per heavy atom. The summed E-state index contributed by atoms with van der Waals surface area (Å²) in [5.41, 5.74) is 2.28. The molecule has 1 aliphatic heterocycles. The fourth-order valence-electron chi connectivity index (χ4n) is 3.78. The summed E-state index contributed by atoms with van der Waals surface area (Å²) in [6.07, 6.45) is 3.58. The van der Waals surface area contributed by atoms with Gasteiger partial charge >= 0.3 is 0 Å². The Balaban J connectivity index is 1.47. The third-order valence-corrected chi connectivity index (χ3v) is 6.35. The van der Waals surface area contributed by atoms with E-state index in [0.717, 1.165) is 53.0 Å². The number of aromatic nitrogens is 4. The van der Waals surface area contributed by atoms with Gasteiger partial charge in [-0.05, 0) is 50.8 Å². The summed E-state index contributed by atoms with van der Waals surface area (Å²) in [6, 6.07) is 9.18. The molecule has 0 spiro atoms. The molecule has 0 atom stereocenters. The maximum absolute atomic E-state index is 12.4. The van der Waals surface area contributed by atoms with E-state index in [4.69, 9.17) is 0 Å². The van der Waals surface area contributed by atoms with Crippen LogP contribution in [0, 0.1) is 31.1 Å². The summed E-state index contributed by atoms with van der Waals surface area (Å²) >= 11 is 1.60. The number of nitriles is 1. The molecule has 1 saturated heterocycles. The highest BCUT2D eigenvalue weighted by Crippen LogP contribution is 2.28. The average Bonchev–Trinajstić information content (AvgIpc) is 3.08. The van der Waals surface area contributed by atoms with E-state index in [0.29, 0.717) is 18.0 Å². The minimum absolute atomic E-state index is 0.0773. The summed E-state index contributed by atoms with van der Waals surface area (Å²) in [5, 5.41) is 14.9. The number of nitrogens with zero attached hydrogens (tertiary/aromatic N) is 6. The molecular weight excluding hydrogens is 384 g/mol. The zero-order valence-electron chi connectivity index (χ0n) is 16.5. The first kappa shape index (κ1) is 19.3. The largest absolute Gasteiger partial charge is 0.356 e. The zero-order chi connectivity index (χ0) is 20.4. The normalized spacial score (nSPS) is 14.7. The van der Waals surface area contributed by atoms with E-state index < -0.39 is 0 Å². The molecule has 0 bridgehead atoms. The molecule has 29 heavy (non-hydrogen) atoms. The van der Waals surface area contributed by atoms with E-state index in [9.17, 15) is 10.1 Å². The maximum Gasteiger partial charge on any atom is 0.266 e. The minimum Gasteiger partial charge on any atom is -0.356 e. The van der Waals surface area contributed by atoms with Crippen molar-refractivity contribution in [3.8, 4) is 16.6 Å². The van der Waals surface area contributed by atoms with Crippen molar-refractivity contribution in [3.05, 3.63) is 57.1 Å². The molecule has 148 valence electrons. The van der Waals surface area contributed by atoms with Gasteiger partial charge in [-0.25, -0.2) is 14.6 Å². The third kappa shape index (κ3) is 4.05. The van der Waals surface area contributed by atoms with Crippen LogP contribution < -0.4 is 10.5 Å². The van der Waals surface area contributed by atoms with E-state index in [1.165, 1.54) is 0 Å². The number of thiazole rings is 1. The first-order valence-corrected chi connectivity index (χ1v) is 10.5. The predicted octanol–water partition coefficient (Wildman–Crippen LogP) is 3.17. The van der Waals surface area contributed by atoms with Gasteiger partial charge in [0.05, 0.1) is 21.1 Å². The highest BCUT2D eigenvalue weighted by atomic mass is 32.1. The Labute approximate surface area is 173 Å². The fraction of sp³-hybridized carbons (Fsp3) is 0.381. The van der Waals surface area contributed by atoms with Crippen molar-refractivity contribution in [1.82, 2.24) is 19.7 Å². The fourth-order valence-corrected chi connectivity index (χ4v) is 4.66. The highest BCUT2D eigenvalue weighted by molar-refractivity contribution is 7.15. The van der Waals surface area contributed by atoms with Crippen LogP contribution in [-0.4, -0.2) is 32.8 Å². The number of rotatable bonds is 4. The molecular formula is C21H22N6OS. The molecule has 0 N–H and O–H groups in total. The van der Waals surface area contributed by atoms with E-state index in [2.05, 4.69) is 26.0 Å². The van der Waals surface area contributed by atoms with Gasteiger partial charge in [0.2, 0.25) is 0 Å². The van der Waals surface area contributed by atoms with Gasteiger partial charge in [-0.1, -0.05) is 0 Å². The summed E-state index contributed by atoms with van der Waals surface area (Å²) in [5.74, 6) is 1.12. The van der Waals surface area contributed by atoms with E-state index >= 15 is 0 Å². The van der Waals surface area contributed by atoms with Crippen molar-refractivity contribution >= 4 is 17.2 Å². The Morgan fingerprint density at radius 2 is 2.03 bits per heavy atom. The Bertz CT molecular complexity index is 1120. The lowest BCUT2D eigenvalue weighted by atomic mass is 9.96. The molecule has 8 heteroatoms. The predicted molar refractivity (Wildman–Crippen MR) is 113 cm³/mol. The van der Waals surface area contributed by atoms with Crippen molar-refractivity contribution < 1.29 is 0 Å². The van der Waals surface area contributed by atoms with E-state index in [1.807, 2.05) is 13.8 Å². The number of piperidine rings is 1.